The van der Waals surface area contributed by atoms with E-state index in [1.807, 2.05) is 42.6 Å². The van der Waals surface area contributed by atoms with Gasteiger partial charge in [0.05, 0.1) is 17.1 Å². The number of thiazole rings is 1. The van der Waals surface area contributed by atoms with E-state index in [4.69, 9.17) is 10.2 Å². The lowest BCUT2D eigenvalue weighted by atomic mass is 9.94. The van der Waals surface area contributed by atoms with Crippen LogP contribution in [0.1, 0.15) is 68.7 Å². The number of nitrogens with two attached hydrogens (primary N) is 1. The molecule has 2 atom stereocenters. The molecular formula is C27H27N5O4S. The Morgan fingerprint density at radius 1 is 1.19 bits per heavy atom. The predicted octanol–water partition coefficient (Wildman–Crippen LogP) is 4.59. The number of hydrogen-bond acceptors (Lipinski definition) is 8. The minimum atomic E-state index is -1.16. The van der Waals surface area contributed by atoms with Crippen LogP contribution < -0.4 is 5.73 Å². The van der Waals surface area contributed by atoms with E-state index in [-0.39, 0.29) is 34.9 Å². The molecule has 9 nitrogen and oxygen atoms in total. The summed E-state index contributed by atoms with van der Waals surface area (Å²) in [6.45, 7) is 4.30. The van der Waals surface area contributed by atoms with Crippen LogP contribution >= 0.6 is 11.3 Å². The standard InChI is InChI=1S/C27H27N5O4S/c1-16-15-37-23(29-16)21-9-6-10-32(21)24(33)19-11-18(12-20(13-19)25(34)35)22-30-31-26(36-22)27(2,28)14-17-7-4-3-5-8-17/h3-5,7-8,11-13,15,21H,6,9-10,14,28H2,1-2H3,(H,34,35)/t21-,27+/m1/s1. The first-order valence-corrected chi connectivity index (χ1v) is 12.9. The van der Waals surface area contributed by atoms with Crippen LogP contribution in [0.3, 0.4) is 0 Å². The smallest absolute Gasteiger partial charge is 0.335 e. The Labute approximate surface area is 218 Å². The molecular weight excluding hydrogens is 490 g/mol. The molecule has 1 aliphatic heterocycles. The van der Waals surface area contributed by atoms with Gasteiger partial charge in [0.25, 0.3) is 5.91 Å². The van der Waals surface area contributed by atoms with Gasteiger partial charge in [0.15, 0.2) is 0 Å². The third kappa shape index (κ3) is 5.16. The number of amides is 1. The quantitative estimate of drug-likeness (QED) is 0.363. The number of aryl methyl sites for hydroxylation is 1. The maximum Gasteiger partial charge on any atom is 0.335 e. The number of likely N-dealkylation sites (tertiary alicyclic amines) is 1. The Kier molecular flexibility index (Phi) is 6.61. The summed E-state index contributed by atoms with van der Waals surface area (Å²) in [6, 6.07) is 14.0. The van der Waals surface area contributed by atoms with Gasteiger partial charge in [-0.25, -0.2) is 9.78 Å². The van der Waals surface area contributed by atoms with Crippen LogP contribution in [0, 0.1) is 6.92 Å². The number of carboxylic acids is 1. The Bertz CT molecular complexity index is 1450. The van der Waals surface area contributed by atoms with E-state index >= 15 is 0 Å². The number of carbonyl (C=O) groups excluding carboxylic acids is 1. The average Bonchev–Trinajstić information content (AvgIpc) is 3.64. The summed E-state index contributed by atoms with van der Waals surface area (Å²) < 4.78 is 5.92. The van der Waals surface area contributed by atoms with E-state index in [1.165, 1.54) is 23.5 Å². The molecule has 0 unspecified atom stereocenters. The van der Waals surface area contributed by atoms with Crippen molar-refractivity contribution in [3.05, 3.63) is 87.2 Å². The fourth-order valence-electron chi connectivity index (χ4n) is 4.62. The zero-order chi connectivity index (χ0) is 26.2. The summed E-state index contributed by atoms with van der Waals surface area (Å²) >= 11 is 1.53. The molecule has 0 saturated carbocycles. The third-order valence-corrected chi connectivity index (χ3v) is 7.50. The Balaban J connectivity index is 1.46. The molecule has 0 spiro atoms. The van der Waals surface area contributed by atoms with Gasteiger partial charge in [-0.1, -0.05) is 30.3 Å². The molecule has 2 aromatic carbocycles. The second kappa shape index (κ2) is 9.87. The molecule has 1 aliphatic rings. The van der Waals surface area contributed by atoms with Crippen molar-refractivity contribution < 1.29 is 19.1 Å². The number of rotatable bonds is 7. The van der Waals surface area contributed by atoms with Gasteiger partial charge in [0.1, 0.15) is 5.01 Å². The Morgan fingerprint density at radius 2 is 1.95 bits per heavy atom. The zero-order valence-electron chi connectivity index (χ0n) is 20.5. The number of carbonyl (C=O) groups is 2. The van der Waals surface area contributed by atoms with Gasteiger partial charge in [0, 0.05) is 28.7 Å². The number of carboxylic acid groups (broad SMARTS) is 1. The summed E-state index contributed by atoms with van der Waals surface area (Å²) in [7, 11) is 0. The number of hydrogen-bond donors (Lipinski definition) is 2. The van der Waals surface area contributed by atoms with E-state index in [9.17, 15) is 14.7 Å². The molecule has 5 rings (SSSR count). The highest BCUT2D eigenvalue weighted by atomic mass is 32.1. The van der Waals surface area contributed by atoms with Gasteiger partial charge >= 0.3 is 5.97 Å². The number of aromatic nitrogens is 3. The van der Waals surface area contributed by atoms with Crippen LogP contribution in [0.4, 0.5) is 0 Å². The number of aromatic carboxylic acids is 1. The van der Waals surface area contributed by atoms with Gasteiger partial charge < -0.3 is 20.2 Å². The topological polar surface area (TPSA) is 135 Å². The second-order valence-corrected chi connectivity index (χ2v) is 10.5. The molecule has 1 amide bonds. The van der Waals surface area contributed by atoms with Gasteiger partial charge in [-0.2, -0.15) is 0 Å². The van der Waals surface area contributed by atoms with E-state index in [1.54, 1.807) is 17.9 Å². The van der Waals surface area contributed by atoms with E-state index in [0.717, 1.165) is 29.1 Å². The molecule has 190 valence electrons. The van der Waals surface area contributed by atoms with Gasteiger partial charge in [-0.15, -0.1) is 21.5 Å². The fourth-order valence-corrected chi connectivity index (χ4v) is 5.56. The predicted molar refractivity (Wildman–Crippen MR) is 138 cm³/mol. The monoisotopic (exact) mass is 517 g/mol. The SMILES string of the molecule is Cc1csc([C@H]2CCCN2C(=O)c2cc(C(=O)O)cc(-c3nnc([C@@](C)(N)Cc4ccccc4)o3)c2)n1. The minimum Gasteiger partial charge on any atom is -0.478 e. The van der Waals surface area contributed by atoms with Crippen LogP contribution in [-0.4, -0.2) is 43.6 Å². The van der Waals surface area contributed by atoms with Gasteiger partial charge in [0.2, 0.25) is 11.8 Å². The van der Waals surface area contributed by atoms with Gasteiger partial charge in [-0.3, -0.25) is 4.79 Å². The highest BCUT2D eigenvalue weighted by molar-refractivity contribution is 7.09. The summed E-state index contributed by atoms with van der Waals surface area (Å²) in [5.74, 6) is -1.09. The molecule has 10 heteroatoms. The van der Waals surface area contributed by atoms with Crippen molar-refractivity contribution in [3.8, 4) is 11.5 Å². The molecule has 3 N–H and O–H groups in total. The normalized spacial score (nSPS) is 17.1. The molecule has 1 saturated heterocycles. The van der Waals surface area contributed by atoms with Crippen molar-refractivity contribution in [2.45, 2.75) is 44.7 Å². The highest BCUT2D eigenvalue weighted by Crippen LogP contribution is 2.35. The van der Waals surface area contributed by atoms with Crippen molar-refractivity contribution in [2.24, 2.45) is 5.73 Å². The maximum atomic E-state index is 13.6. The Morgan fingerprint density at radius 3 is 2.65 bits per heavy atom. The first-order valence-electron chi connectivity index (χ1n) is 12.0. The summed E-state index contributed by atoms with van der Waals surface area (Å²) in [6.07, 6.45) is 2.14. The largest absolute Gasteiger partial charge is 0.478 e. The van der Waals surface area contributed by atoms with Crippen molar-refractivity contribution >= 4 is 23.2 Å². The van der Waals surface area contributed by atoms with Crippen molar-refractivity contribution in [2.75, 3.05) is 6.54 Å². The van der Waals surface area contributed by atoms with E-state index in [2.05, 4.69) is 15.2 Å². The van der Waals surface area contributed by atoms with Crippen molar-refractivity contribution in [1.82, 2.24) is 20.1 Å². The zero-order valence-corrected chi connectivity index (χ0v) is 21.4. The van der Waals surface area contributed by atoms with E-state index < -0.39 is 11.5 Å². The summed E-state index contributed by atoms with van der Waals surface area (Å²) in [5, 5.41) is 20.9. The lowest BCUT2D eigenvalue weighted by Crippen LogP contribution is -2.35. The molecule has 37 heavy (non-hydrogen) atoms. The first kappa shape index (κ1) is 24.8. The second-order valence-electron chi connectivity index (χ2n) is 9.58. The fraction of sp³-hybridized carbons (Fsp3) is 0.296. The lowest BCUT2D eigenvalue weighted by Gasteiger charge is -2.23. The van der Waals surface area contributed by atoms with Crippen LogP contribution in [0.2, 0.25) is 0 Å². The summed E-state index contributed by atoms with van der Waals surface area (Å²) in [4.78, 5) is 31.8. The molecule has 1 fully saturated rings. The molecule has 0 radical (unpaired) electrons. The van der Waals surface area contributed by atoms with Crippen molar-refractivity contribution in [1.29, 1.82) is 0 Å². The third-order valence-electron chi connectivity index (χ3n) is 6.44. The molecule has 4 aromatic rings. The maximum absolute atomic E-state index is 13.6. The summed E-state index contributed by atoms with van der Waals surface area (Å²) in [5.41, 5.74) is 8.06. The highest BCUT2D eigenvalue weighted by Gasteiger charge is 2.33. The number of nitrogens with zero attached hydrogens (tertiary/aromatic N) is 4. The van der Waals surface area contributed by atoms with E-state index in [0.29, 0.717) is 18.5 Å². The van der Waals surface area contributed by atoms with Crippen LogP contribution in [-0.2, 0) is 12.0 Å². The van der Waals surface area contributed by atoms with Crippen molar-refractivity contribution in [3.63, 3.8) is 0 Å². The lowest BCUT2D eigenvalue weighted by molar-refractivity contribution is 0.0697. The van der Waals surface area contributed by atoms with Crippen LogP contribution in [0.25, 0.3) is 11.5 Å². The minimum absolute atomic E-state index is 0.0405. The molecule has 3 heterocycles. The molecule has 2 aromatic heterocycles. The average molecular weight is 518 g/mol. The molecule has 0 bridgehead atoms. The van der Waals surface area contributed by atoms with Crippen LogP contribution in [0.15, 0.2) is 58.3 Å². The van der Waals surface area contributed by atoms with Crippen LogP contribution in [0.5, 0.6) is 0 Å². The first-order chi connectivity index (χ1) is 17.7. The number of benzene rings is 2. The molecule has 0 aliphatic carbocycles. The Hall–Kier alpha value is -3.89. The van der Waals surface area contributed by atoms with Gasteiger partial charge in [-0.05, 0) is 56.9 Å².